The van der Waals surface area contributed by atoms with E-state index in [-0.39, 0.29) is 36.6 Å². The number of hydrogen-bond donors (Lipinski definition) is 2. The van der Waals surface area contributed by atoms with Gasteiger partial charge in [-0.25, -0.2) is 18.4 Å². The van der Waals surface area contributed by atoms with Crippen LogP contribution in [0.15, 0.2) is 29.4 Å². The molecule has 0 radical (unpaired) electrons. The molecule has 2 N–H and O–H groups in total. The molecule has 0 spiro atoms. The molecule has 4 aliphatic rings. The number of fused-ring (bicyclic) bond motifs is 2. The number of anilines is 2. The maximum absolute atomic E-state index is 13.5. The van der Waals surface area contributed by atoms with E-state index in [1.54, 1.807) is 12.1 Å². The Labute approximate surface area is 230 Å². The third kappa shape index (κ3) is 5.56. The van der Waals surface area contributed by atoms with Crippen LogP contribution in [0.3, 0.4) is 0 Å². The highest BCUT2D eigenvalue weighted by molar-refractivity contribution is 7.89. The van der Waals surface area contributed by atoms with Crippen molar-refractivity contribution in [2.45, 2.75) is 67.4 Å². The zero-order valence-corrected chi connectivity index (χ0v) is 22.6. The lowest BCUT2D eigenvalue weighted by Gasteiger charge is -2.36. The van der Waals surface area contributed by atoms with Crippen molar-refractivity contribution >= 4 is 21.8 Å². The van der Waals surface area contributed by atoms with Gasteiger partial charge in [0.15, 0.2) is 0 Å². The van der Waals surface area contributed by atoms with Crippen LogP contribution in [0.2, 0.25) is 0 Å². The topological polar surface area (TPSA) is 122 Å². The Morgan fingerprint density at radius 3 is 2.40 bits per heavy atom. The minimum atomic E-state index is -4.66. The van der Waals surface area contributed by atoms with Gasteiger partial charge in [0.05, 0.1) is 13.2 Å². The van der Waals surface area contributed by atoms with E-state index in [0.717, 1.165) is 31.7 Å². The summed E-state index contributed by atoms with van der Waals surface area (Å²) >= 11 is 0. The third-order valence-corrected chi connectivity index (χ3v) is 9.90. The number of piperidine rings is 1. The van der Waals surface area contributed by atoms with Crippen molar-refractivity contribution in [3.63, 3.8) is 0 Å². The predicted octanol–water partition coefficient (Wildman–Crippen LogP) is 2.26. The Morgan fingerprint density at radius 2 is 1.77 bits per heavy atom. The molecule has 2 aromatic heterocycles. The van der Waals surface area contributed by atoms with Gasteiger partial charge in [-0.15, -0.1) is 0 Å². The molecule has 15 heteroatoms. The van der Waals surface area contributed by atoms with Crippen LogP contribution >= 0.6 is 0 Å². The van der Waals surface area contributed by atoms with Crippen LogP contribution in [0.25, 0.3) is 0 Å². The van der Waals surface area contributed by atoms with Gasteiger partial charge in [0.25, 0.3) is 0 Å². The largest absolute Gasteiger partial charge is 0.471 e. The van der Waals surface area contributed by atoms with E-state index in [2.05, 4.69) is 30.5 Å². The van der Waals surface area contributed by atoms with Crippen molar-refractivity contribution in [3.05, 3.63) is 30.1 Å². The molecule has 0 saturated carbocycles. The first kappa shape index (κ1) is 27.4. The number of rotatable bonds is 7. The van der Waals surface area contributed by atoms with Crippen LogP contribution in [0, 0.1) is 0 Å². The van der Waals surface area contributed by atoms with Crippen LogP contribution < -0.4 is 20.3 Å². The predicted molar refractivity (Wildman–Crippen MR) is 139 cm³/mol. The zero-order chi connectivity index (χ0) is 27.9. The van der Waals surface area contributed by atoms with Crippen molar-refractivity contribution in [1.29, 1.82) is 0 Å². The molecular formula is C25H32F3N7O4S. The van der Waals surface area contributed by atoms with Gasteiger partial charge in [-0.2, -0.15) is 22.5 Å². The molecule has 2 aromatic rings. The number of aromatic nitrogens is 3. The summed E-state index contributed by atoms with van der Waals surface area (Å²) in [5, 5.41) is 6.48. The molecule has 3 atom stereocenters. The third-order valence-electron chi connectivity index (χ3n) is 8.02. The molecule has 4 aliphatic heterocycles. The summed E-state index contributed by atoms with van der Waals surface area (Å²) in [7, 11) is -3.74. The Morgan fingerprint density at radius 1 is 1.02 bits per heavy atom. The van der Waals surface area contributed by atoms with Crippen molar-refractivity contribution < 1.29 is 31.1 Å². The van der Waals surface area contributed by atoms with Crippen LogP contribution in [0.4, 0.5) is 24.9 Å². The second-order valence-corrected chi connectivity index (χ2v) is 12.6. The number of nitrogens with one attached hydrogen (secondary N) is 2. The molecule has 4 fully saturated rings. The Kier molecular flexibility index (Phi) is 7.48. The second kappa shape index (κ2) is 10.9. The molecule has 11 nitrogen and oxygen atoms in total. The first-order valence-corrected chi connectivity index (χ1v) is 15.0. The van der Waals surface area contributed by atoms with Crippen molar-refractivity contribution in [2.75, 3.05) is 49.6 Å². The Bertz CT molecular complexity index is 1280. The molecule has 2 bridgehead atoms. The SMILES string of the molecule is O=S(=O)(c1ccc(N2C3CCC2CNC3)nc1)N1CCC(Nc2ncc(C(F)(F)F)c(O[C@H]3CCOC3)n2)CC1. The number of hydrogen-bond acceptors (Lipinski definition) is 10. The fraction of sp³-hybridized carbons (Fsp3) is 0.640. The second-order valence-electron chi connectivity index (χ2n) is 10.6. The summed E-state index contributed by atoms with van der Waals surface area (Å²) in [5.74, 6) is 0.270. The highest BCUT2D eigenvalue weighted by atomic mass is 32.2. The minimum Gasteiger partial charge on any atom is -0.471 e. The lowest BCUT2D eigenvalue weighted by atomic mass is 10.1. The summed E-state index contributed by atoms with van der Waals surface area (Å²) in [6, 6.07) is 3.96. The average Bonchev–Trinajstić information content (AvgIpc) is 3.53. The number of halogens is 3. The minimum absolute atomic E-state index is 0.00453. The molecule has 0 aromatic carbocycles. The van der Waals surface area contributed by atoms with Crippen LogP contribution in [-0.4, -0.2) is 91.3 Å². The zero-order valence-electron chi connectivity index (χ0n) is 21.8. The van der Waals surface area contributed by atoms with E-state index in [1.165, 1.54) is 10.5 Å². The van der Waals surface area contributed by atoms with E-state index in [4.69, 9.17) is 9.47 Å². The highest BCUT2D eigenvalue weighted by Gasteiger charge is 2.39. The summed E-state index contributed by atoms with van der Waals surface area (Å²) < 4.78 is 79.2. The van der Waals surface area contributed by atoms with E-state index in [1.807, 2.05) is 0 Å². The van der Waals surface area contributed by atoms with Crippen molar-refractivity contribution in [1.82, 2.24) is 24.6 Å². The molecule has 0 amide bonds. The van der Waals surface area contributed by atoms with Crippen LogP contribution in [0.5, 0.6) is 5.88 Å². The molecule has 0 aliphatic carbocycles. The van der Waals surface area contributed by atoms with Crippen LogP contribution in [-0.2, 0) is 20.9 Å². The van der Waals surface area contributed by atoms with Crippen molar-refractivity contribution in [3.8, 4) is 5.88 Å². The Hall–Kier alpha value is -2.75. The van der Waals surface area contributed by atoms with Gasteiger partial charge in [-0.05, 0) is 37.8 Å². The fourth-order valence-electron chi connectivity index (χ4n) is 5.89. The quantitative estimate of drug-likeness (QED) is 0.502. The number of nitrogens with zero attached hydrogens (tertiary/aromatic N) is 5. The van der Waals surface area contributed by atoms with E-state index >= 15 is 0 Å². The molecule has 4 saturated heterocycles. The highest BCUT2D eigenvalue weighted by Crippen LogP contribution is 2.36. The number of piperazine rings is 1. The van der Waals surface area contributed by atoms with E-state index in [0.29, 0.717) is 44.1 Å². The summed E-state index contributed by atoms with van der Waals surface area (Å²) in [4.78, 5) is 14.8. The van der Waals surface area contributed by atoms with Gasteiger partial charge < -0.3 is 25.0 Å². The monoisotopic (exact) mass is 583 g/mol. The molecule has 6 heterocycles. The van der Waals surface area contributed by atoms with E-state index < -0.39 is 33.7 Å². The smallest absolute Gasteiger partial charge is 0.423 e. The summed E-state index contributed by atoms with van der Waals surface area (Å²) in [5.41, 5.74) is -1.05. The number of ether oxygens (including phenoxy) is 2. The van der Waals surface area contributed by atoms with Crippen LogP contribution in [0.1, 0.15) is 37.7 Å². The molecule has 2 unspecified atom stereocenters. The van der Waals surface area contributed by atoms with Gasteiger partial charge in [-0.1, -0.05) is 0 Å². The first-order chi connectivity index (χ1) is 19.2. The normalized spacial score (nSPS) is 26.3. The molecule has 6 rings (SSSR count). The fourth-order valence-corrected chi connectivity index (χ4v) is 7.30. The molecule has 40 heavy (non-hydrogen) atoms. The number of pyridine rings is 1. The number of alkyl halides is 3. The number of sulfonamides is 1. The Balaban J connectivity index is 1.08. The van der Waals surface area contributed by atoms with Gasteiger partial charge >= 0.3 is 6.18 Å². The lowest BCUT2D eigenvalue weighted by Crippen LogP contribution is -2.52. The molecule has 218 valence electrons. The van der Waals surface area contributed by atoms with E-state index in [9.17, 15) is 21.6 Å². The lowest BCUT2D eigenvalue weighted by molar-refractivity contribution is -0.139. The molecular weight excluding hydrogens is 551 g/mol. The standard InChI is InChI=1S/C25H32F3N7O4S/c26-25(27,28)21-14-31-24(33-23(21)39-19-7-10-38-15-19)32-16-5-8-34(9-6-16)40(36,37)20-3-4-22(30-13-20)35-17-1-2-18(35)12-29-11-17/h3-4,13-14,16-19,29H,1-2,5-12,15H2,(H,31,32,33)/t17?,18?,19-/m0/s1. The maximum atomic E-state index is 13.5. The van der Waals surface area contributed by atoms with Crippen molar-refractivity contribution in [2.24, 2.45) is 0 Å². The summed E-state index contributed by atoms with van der Waals surface area (Å²) in [6.45, 7) is 2.91. The van der Waals surface area contributed by atoms with Gasteiger partial charge in [0.1, 0.15) is 22.4 Å². The summed E-state index contributed by atoms with van der Waals surface area (Å²) in [6.07, 6.45) is 0.529. The van der Waals surface area contributed by atoms with Gasteiger partial charge in [-0.3, -0.25) is 0 Å². The average molecular weight is 584 g/mol. The first-order valence-electron chi connectivity index (χ1n) is 13.6. The maximum Gasteiger partial charge on any atom is 0.423 e. The van der Waals surface area contributed by atoms with Gasteiger partial charge in [0, 0.05) is 63.1 Å². The van der Waals surface area contributed by atoms with Gasteiger partial charge in [0.2, 0.25) is 21.9 Å².